The second-order valence-corrected chi connectivity index (χ2v) is 7.69. The lowest BCUT2D eigenvalue weighted by molar-refractivity contribution is -0.156. The molecular weight excluding hydrogens is 400 g/mol. The Bertz CT molecular complexity index is 928. The maximum absolute atomic E-state index is 12.0. The number of aromatic nitrogens is 2. The number of hydrogen-bond donors (Lipinski definition) is 0. The fourth-order valence-corrected chi connectivity index (χ4v) is 3.88. The second kappa shape index (κ2) is 10.8. The van der Waals surface area contributed by atoms with Crippen molar-refractivity contribution in [2.45, 2.75) is 39.4 Å². The van der Waals surface area contributed by atoms with Crippen molar-refractivity contribution in [2.24, 2.45) is 0 Å². The number of esters is 1. The van der Waals surface area contributed by atoms with Crippen LogP contribution in [0.1, 0.15) is 37.3 Å². The smallest absolute Gasteiger partial charge is 0.335 e. The molecule has 1 aromatic carbocycles. The number of benzene rings is 1. The van der Waals surface area contributed by atoms with E-state index >= 15 is 0 Å². The van der Waals surface area contributed by atoms with E-state index < -0.39 is 6.10 Å². The van der Waals surface area contributed by atoms with Gasteiger partial charge in [0.15, 0.2) is 11.9 Å². The summed E-state index contributed by atoms with van der Waals surface area (Å²) >= 11 is 1.62. The van der Waals surface area contributed by atoms with Crippen LogP contribution in [-0.4, -0.2) is 35.3 Å². The number of carbonyl (C=O) groups excluding carboxylic acids is 1. The van der Waals surface area contributed by atoms with Crippen LogP contribution < -0.4 is 4.74 Å². The third kappa shape index (κ3) is 5.87. The Kier molecular flexibility index (Phi) is 7.93. The van der Waals surface area contributed by atoms with Gasteiger partial charge in [0.05, 0.1) is 11.5 Å². The molecular formula is C23H26N2O4S. The highest BCUT2D eigenvalue weighted by molar-refractivity contribution is 7.15. The lowest BCUT2D eigenvalue weighted by Gasteiger charge is -2.16. The second-order valence-electron chi connectivity index (χ2n) is 6.58. The summed E-state index contributed by atoms with van der Waals surface area (Å²) in [4.78, 5) is 22.7. The van der Waals surface area contributed by atoms with Crippen LogP contribution in [0.5, 0.6) is 5.75 Å². The zero-order chi connectivity index (χ0) is 21.3. The van der Waals surface area contributed by atoms with Gasteiger partial charge in [-0.1, -0.05) is 12.1 Å². The summed E-state index contributed by atoms with van der Waals surface area (Å²) < 4.78 is 16.7. The Morgan fingerprint density at radius 2 is 1.77 bits per heavy atom. The Morgan fingerprint density at radius 1 is 1.03 bits per heavy atom. The van der Waals surface area contributed by atoms with Crippen molar-refractivity contribution < 1.29 is 19.0 Å². The molecule has 0 amide bonds. The summed E-state index contributed by atoms with van der Waals surface area (Å²) in [7, 11) is 0. The summed E-state index contributed by atoms with van der Waals surface area (Å²) in [6.45, 7) is 6.47. The highest BCUT2D eigenvalue weighted by Gasteiger charge is 2.20. The van der Waals surface area contributed by atoms with Crippen LogP contribution in [0.15, 0.2) is 54.9 Å². The molecule has 0 saturated heterocycles. The van der Waals surface area contributed by atoms with Gasteiger partial charge >= 0.3 is 5.97 Å². The largest absolute Gasteiger partial charge is 0.485 e. The zero-order valence-electron chi connectivity index (χ0n) is 17.4. The van der Waals surface area contributed by atoms with Gasteiger partial charge in [0.2, 0.25) is 0 Å². The fourth-order valence-electron chi connectivity index (χ4n) is 2.94. The molecule has 0 aliphatic rings. The first-order valence-electron chi connectivity index (χ1n) is 10.0. The number of thiophene rings is 1. The minimum absolute atomic E-state index is 0.103. The molecule has 0 bridgehead atoms. The zero-order valence-corrected chi connectivity index (χ0v) is 18.2. The number of hydrogen-bond acceptors (Lipinski definition) is 7. The molecule has 0 N–H and O–H groups in total. The van der Waals surface area contributed by atoms with E-state index in [9.17, 15) is 4.79 Å². The molecule has 7 heteroatoms. The summed E-state index contributed by atoms with van der Waals surface area (Å²) in [6, 6.07) is 13.6. The van der Waals surface area contributed by atoms with Gasteiger partial charge < -0.3 is 14.2 Å². The standard InChI is InChI=1S/C23H26N2O4S/c1-4-27-19(23(26)28-5-2)15-17-7-9-18(10-8-17)29-16(3)20-11-12-21(30-20)22-24-13-6-14-25-22/h6-14,16,19H,4-5,15H2,1-3H3. The maximum atomic E-state index is 12.0. The molecule has 2 aromatic heterocycles. The first-order chi connectivity index (χ1) is 14.6. The molecule has 0 spiro atoms. The van der Waals surface area contributed by atoms with Crippen LogP contribution >= 0.6 is 11.3 Å². The number of carbonyl (C=O) groups is 1. The molecule has 2 unspecified atom stereocenters. The van der Waals surface area contributed by atoms with Crippen LogP contribution in [0, 0.1) is 0 Å². The molecule has 3 aromatic rings. The van der Waals surface area contributed by atoms with E-state index in [1.807, 2.05) is 50.2 Å². The molecule has 2 atom stereocenters. The molecule has 3 rings (SSSR count). The molecule has 2 heterocycles. The van der Waals surface area contributed by atoms with Crippen LogP contribution in [0.3, 0.4) is 0 Å². The van der Waals surface area contributed by atoms with Crippen molar-refractivity contribution in [3.63, 3.8) is 0 Å². The molecule has 0 aliphatic carbocycles. The Morgan fingerprint density at radius 3 is 2.43 bits per heavy atom. The van der Waals surface area contributed by atoms with E-state index in [0.717, 1.165) is 26.9 Å². The highest BCUT2D eigenvalue weighted by Crippen LogP contribution is 2.31. The van der Waals surface area contributed by atoms with Crippen LogP contribution in [-0.2, 0) is 20.7 Å². The van der Waals surface area contributed by atoms with Gasteiger partial charge in [0.1, 0.15) is 11.9 Å². The van der Waals surface area contributed by atoms with Gasteiger partial charge in [-0.05, 0) is 56.7 Å². The van der Waals surface area contributed by atoms with Gasteiger partial charge in [0, 0.05) is 30.3 Å². The lowest BCUT2D eigenvalue weighted by atomic mass is 10.1. The lowest BCUT2D eigenvalue weighted by Crippen LogP contribution is -2.28. The molecule has 0 fully saturated rings. The van der Waals surface area contributed by atoms with Gasteiger partial charge in [-0.3, -0.25) is 0 Å². The monoisotopic (exact) mass is 426 g/mol. The minimum atomic E-state index is -0.592. The SMILES string of the molecule is CCOC(=O)C(Cc1ccc(OC(C)c2ccc(-c3ncccn3)s2)cc1)OCC. The van der Waals surface area contributed by atoms with E-state index in [1.165, 1.54) is 0 Å². The van der Waals surface area contributed by atoms with Gasteiger partial charge in [-0.25, -0.2) is 14.8 Å². The van der Waals surface area contributed by atoms with Crippen LogP contribution in [0.2, 0.25) is 0 Å². The number of rotatable bonds is 10. The summed E-state index contributed by atoms with van der Waals surface area (Å²) in [5, 5.41) is 0. The van der Waals surface area contributed by atoms with Gasteiger partial charge in [-0.15, -0.1) is 11.3 Å². The predicted molar refractivity (Wildman–Crippen MR) is 117 cm³/mol. The van der Waals surface area contributed by atoms with Gasteiger partial charge in [-0.2, -0.15) is 0 Å². The summed E-state index contributed by atoms with van der Waals surface area (Å²) in [5.41, 5.74) is 0.987. The van der Waals surface area contributed by atoms with Crippen molar-refractivity contribution in [3.05, 3.63) is 65.3 Å². The molecule has 30 heavy (non-hydrogen) atoms. The first kappa shape index (κ1) is 21.9. The summed E-state index contributed by atoms with van der Waals surface area (Å²) in [5.74, 6) is 1.15. The number of ether oxygens (including phenoxy) is 3. The first-order valence-corrected chi connectivity index (χ1v) is 10.8. The molecule has 6 nitrogen and oxygen atoms in total. The van der Waals surface area contributed by atoms with Crippen molar-refractivity contribution in [3.8, 4) is 16.5 Å². The van der Waals surface area contributed by atoms with E-state index in [4.69, 9.17) is 14.2 Å². The normalized spacial score (nSPS) is 12.9. The van der Waals surface area contributed by atoms with Crippen molar-refractivity contribution in [2.75, 3.05) is 13.2 Å². The molecule has 158 valence electrons. The van der Waals surface area contributed by atoms with Crippen LogP contribution in [0.25, 0.3) is 10.7 Å². The third-order valence-electron chi connectivity index (χ3n) is 4.39. The average molecular weight is 427 g/mol. The Hall–Kier alpha value is -2.77. The molecule has 0 radical (unpaired) electrons. The Balaban J connectivity index is 1.61. The Labute approximate surface area is 180 Å². The predicted octanol–water partition coefficient (Wildman–Crippen LogP) is 4.86. The minimum Gasteiger partial charge on any atom is -0.485 e. The summed E-state index contributed by atoms with van der Waals surface area (Å²) in [6.07, 6.45) is 3.25. The fraction of sp³-hybridized carbons (Fsp3) is 0.348. The van der Waals surface area contributed by atoms with Crippen molar-refractivity contribution >= 4 is 17.3 Å². The number of nitrogens with zero attached hydrogens (tertiary/aromatic N) is 2. The van der Waals surface area contributed by atoms with Crippen LogP contribution in [0.4, 0.5) is 0 Å². The topological polar surface area (TPSA) is 70.5 Å². The maximum Gasteiger partial charge on any atom is 0.335 e. The third-order valence-corrected chi connectivity index (χ3v) is 5.63. The van der Waals surface area contributed by atoms with E-state index in [1.54, 1.807) is 36.7 Å². The van der Waals surface area contributed by atoms with E-state index in [0.29, 0.717) is 19.6 Å². The van der Waals surface area contributed by atoms with E-state index in [-0.39, 0.29) is 12.1 Å². The van der Waals surface area contributed by atoms with Gasteiger partial charge in [0.25, 0.3) is 0 Å². The average Bonchev–Trinajstić information content (AvgIpc) is 3.26. The molecule has 0 saturated carbocycles. The molecule has 0 aliphatic heterocycles. The van der Waals surface area contributed by atoms with Crippen molar-refractivity contribution in [1.29, 1.82) is 0 Å². The van der Waals surface area contributed by atoms with E-state index in [2.05, 4.69) is 9.97 Å². The quantitative estimate of drug-likeness (QED) is 0.431. The highest BCUT2D eigenvalue weighted by atomic mass is 32.1. The van der Waals surface area contributed by atoms with Crippen molar-refractivity contribution in [1.82, 2.24) is 9.97 Å².